The second kappa shape index (κ2) is 13.1. The molecule has 1 aliphatic rings. The van der Waals surface area contributed by atoms with E-state index in [-0.39, 0.29) is 41.0 Å². The van der Waals surface area contributed by atoms with Crippen LogP contribution in [0.15, 0.2) is 12.1 Å². The Kier molecular flexibility index (Phi) is 9.72. The van der Waals surface area contributed by atoms with Gasteiger partial charge in [0.15, 0.2) is 33.5 Å². The number of anilines is 2. The van der Waals surface area contributed by atoms with Crippen LogP contribution in [0.4, 0.5) is 16.4 Å². The summed E-state index contributed by atoms with van der Waals surface area (Å²) in [7, 11) is 0. The van der Waals surface area contributed by atoms with Crippen molar-refractivity contribution in [2.45, 2.75) is 66.8 Å². The summed E-state index contributed by atoms with van der Waals surface area (Å²) < 4.78 is 15.6. The van der Waals surface area contributed by atoms with Crippen LogP contribution in [0.2, 0.25) is 5.15 Å². The van der Waals surface area contributed by atoms with Crippen LogP contribution in [0, 0.1) is 0 Å². The van der Waals surface area contributed by atoms with Gasteiger partial charge < -0.3 is 36.1 Å². The number of hydrogen-bond donors (Lipinski definition) is 3. The highest BCUT2D eigenvalue weighted by Crippen LogP contribution is 2.28. The van der Waals surface area contributed by atoms with E-state index in [1.165, 1.54) is 0 Å². The molecule has 238 valence electrons. The average molecular weight is 631 g/mol. The highest BCUT2D eigenvalue weighted by Gasteiger charge is 2.32. The molecular weight excluding hydrogens is 590 g/mol. The maximum Gasteiger partial charge on any atom is 0.410 e. The lowest BCUT2D eigenvalue weighted by Crippen LogP contribution is -2.51. The van der Waals surface area contributed by atoms with Crippen LogP contribution >= 0.6 is 11.6 Å². The van der Waals surface area contributed by atoms with Gasteiger partial charge in [0.25, 0.3) is 17.6 Å². The molecule has 2 aromatic heterocycles. The average Bonchev–Trinajstić information content (AvgIpc) is 3.27. The number of aromatic nitrogens is 4. The molecule has 0 spiro atoms. The maximum absolute atomic E-state index is 13.9. The van der Waals surface area contributed by atoms with Gasteiger partial charge in [0, 0.05) is 38.3 Å². The summed E-state index contributed by atoms with van der Waals surface area (Å²) >= 11 is 5.97. The molecule has 0 atom stereocenters. The van der Waals surface area contributed by atoms with Crippen LogP contribution in [0.1, 0.15) is 68.2 Å². The lowest BCUT2D eigenvalue weighted by atomic mass is 10.1. The maximum atomic E-state index is 13.9. The molecule has 0 aliphatic carbocycles. The smallest absolute Gasteiger partial charge is 0.410 e. The van der Waals surface area contributed by atoms with Gasteiger partial charge in [0.2, 0.25) is 0 Å². The van der Waals surface area contributed by atoms with Gasteiger partial charge in [-0.3, -0.25) is 9.59 Å². The second-order valence-electron chi connectivity index (χ2n) is 11.3. The SMILES string of the molecule is CCOc1cc2c(cc1C(=O)N1CCN(C(=O)OC(C)(C)C)CC1)n(CC)c(CNC(=O)c1nc(Cl)c(N)nc1N)[n+]2CC. The Bertz CT molecular complexity index is 1580. The monoisotopic (exact) mass is 630 g/mol. The van der Waals surface area contributed by atoms with Gasteiger partial charge in [-0.05, 0) is 41.5 Å². The van der Waals surface area contributed by atoms with Crippen LogP contribution in [0.25, 0.3) is 11.0 Å². The van der Waals surface area contributed by atoms with Crippen LogP contribution in [0.3, 0.4) is 0 Å². The first-order valence-corrected chi connectivity index (χ1v) is 15.0. The van der Waals surface area contributed by atoms with Crippen molar-refractivity contribution in [3.63, 3.8) is 0 Å². The number of nitrogens with one attached hydrogen (secondary N) is 1. The summed E-state index contributed by atoms with van der Waals surface area (Å²) in [6, 6.07) is 3.71. The minimum Gasteiger partial charge on any atom is -0.493 e. The first-order valence-electron chi connectivity index (χ1n) is 14.6. The number of rotatable bonds is 8. The summed E-state index contributed by atoms with van der Waals surface area (Å²) in [6.07, 6.45) is -0.389. The molecule has 0 saturated carbocycles. The van der Waals surface area contributed by atoms with Crippen molar-refractivity contribution in [3.05, 3.63) is 34.4 Å². The van der Waals surface area contributed by atoms with Crippen LogP contribution in [-0.2, 0) is 24.4 Å². The number of amides is 3. The normalized spacial score (nSPS) is 13.7. The molecule has 0 bridgehead atoms. The third-order valence-corrected chi connectivity index (χ3v) is 7.47. The second-order valence-corrected chi connectivity index (χ2v) is 11.6. The molecule has 0 unspecified atom stereocenters. The van der Waals surface area contributed by atoms with E-state index in [1.807, 2.05) is 58.2 Å². The Morgan fingerprint density at radius 3 is 2.27 bits per heavy atom. The van der Waals surface area contributed by atoms with E-state index in [2.05, 4.69) is 19.9 Å². The number of piperazine rings is 1. The number of imidazole rings is 1. The minimum absolute atomic E-state index is 0.0592. The number of carbonyl (C=O) groups excluding carboxylic acids is 3. The van der Waals surface area contributed by atoms with Crippen molar-refractivity contribution in [2.24, 2.45) is 0 Å². The van der Waals surface area contributed by atoms with E-state index in [4.69, 9.17) is 32.5 Å². The van der Waals surface area contributed by atoms with E-state index in [9.17, 15) is 14.4 Å². The molecule has 5 N–H and O–H groups in total. The highest BCUT2D eigenvalue weighted by atomic mass is 35.5. The van der Waals surface area contributed by atoms with E-state index in [0.29, 0.717) is 57.2 Å². The van der Waals surface area contributed by atoms with Gasteiger partial charge in [-0.25, -0.2) is 23.9 Å². The Morgan fingerprint density at radius 1 is 1.02 bits per heavy atom. The third-order valence-electron chi connectivity index (χ3n) is 7.19. The van der Waals surface area contributed by atoms with Crippen LogP contribution < -0.4 is 26.1 Å². The van der Waals surface area contributed by atoms with Gasteiger partial charge in [-0.15, -0.1) is 0 Å². The summed E-state index contributed by atoms with van der Waals surface area (Å²) in [6.45, 7) is 14.5. The zero-order chi connectivity index (χ0) is 32.3. The number of nitrogens with two attached hydrogens (primary N) is 2. The molecule has 15 heteroatoms. The highest BCUT2D eigenvalue weighted by molar-refractivity contribution is 6.31. The number of hydrogen-bond acceptors (Lipinski definition) is 9. The molecule has 14 nitrogen and oxygen atoms in total. The zero-order valence-electron chi connectivity index (χ0n) is 26.1. The fraction of sp³-hybridized carbons (Fsp3) is 0.517. The number of halogens is 1. The molecule has 1 aromatic carbocycles. The number of benzene rings is 1. The molecule has 1 fully saturated rings. The molecular formula is C29H41ClN9O5+. The van der Waals surface area contributed by atoms with Crippen molar-refractivity contribution in [3.8, 4) is 5.75 Å². The quantitative estimate of drug-likeness (QED) is 0.316. The lowest BCUT2D eigenvalue weighted by molar-refractivity contribution is -0.676. The van der Waals surface area contributed by atoms with Gasteiger partial charge >= 0.3 is 6.09 Å². The Morgan fingerprint density at radius 2 is 1.68 bits per heavy atom. The van der Waals surface area contributed by atoms with Crippen molar-refractivity contribution in [1.82, 2.24) is 29.7 Å². The molecule has 3 aromatic rings. The molecule has 44 heavy (non-hydrogen) atoms. The number of fused-ring (bicyclic) bond motifs is 1. The Hall–Kier alpha value is -4.33. The van der Waals surface area contributed by atoms with E-state index >= 15 is 0 Å². The third kappa shape index (κ3) is 6.74. The molecule has 4 rings (SSSR count). The summed E-state index contributed by atoms with van der Waals surface area (Å²) in [4.78, 5) is 50.6. The summed E-state index contributed by atoms with van der Waals surface area (Å²) in [5.41, 5.74) is 12.9. The molecule has 3 heterocycles. The van der Waals surface area contributed by atoms with Gasteiger partial charge in [0.1, 0.15) is 17.9 Å². The first-order chi connectivity index (χ1) is 20.8. The number of nitrogens with zero attached hydrogens (tertiary/aromatic N) is 6. The zero-order valence-corrected chi connectivity index (χ0v) is 26.8. The van der Waals surface area contributed by atoms with E-state index < -0.39 is 11.5 Å². The first kappa shape index (κ1) is 32.6. The predicted octanol–water partition coefficient (Wildman–Crippen LogP) is 2.60. The summed E-state index contributed by atoms with van der Waals surface area (Å²) in [5.74, 6) is 0.338. The lowest BCUT2D eigenvalue weighted by Gasteiger charge is -2.35. The molecule has 0 radical (unpaired) electrons. The topological polar surface area (TPSA) is 175 Å². The van der Waals surface area contributed by atoms with Crippen molar-refractivity contribution in [1.29, 1.82) is 0 Å². The molecule has 1 saturated heterocycles. The van der Waals surface area contributed by atoms with E-state index in [0.717, 1.165) is 16.9 Å². The molecule has 3 amide bonds. The fourth-order valence-corrected chi connectivity index (χ4v) is 5.32. The van der Waals surface area contributed by atoms with Crippen molar-refractivity contribution in [2.75, 3.05) is 44.3 Å². The number of ether oxygens (including phenoxy) is 2. The predicted molar refractivity (Wildman–Crippen MR) is 165 cm³/mol. The number of aryl methyl sites for hydroxylation is 2. The van der Waals surface area contributed by atoms with Crippen LogP contribution in [0.5, 0.6) is 5.75 Å². The van der Waals surface area contributed by atoms with Crippen molar-refractivity contribution >= 4 is 52.2 Å². The van der Waals surface area contributed by atoms with Gasteiger partial charge in [0.05, 0.1) is 25.3 Å². The van der Waals surface area contributed by atoms with Gasteiger partial charge in [-0.2, -0.15) is 0 Å². The van der Waals surface area contributed by atoms with Gasteiger partial charge in [-0.1, -0.05) is 11.6 Å². The Balaban J connectivity index is 1.63. The number of nitrogen functional groups attached to an aromatic ring is 2. The summed E-state index contributed by atoms with van der Waals surface area (Å²) in [5, 5.41) is 2.75. The fourth-order valence-electron chi connectivity index (χ4n) is 5.19. The largest absolute Gasteiger partial charge is 0.493 e. The van der Waals surface area contributed by atoms with Crippen LogP contribution in [-0.4, -0.2) is 80.6 Å². The standard InChI is InChI=1S/C29H40ClN9O5/c1-7-38-18-14-17(27(41)36-10-12-37(13-11-36)28(42)44-29(4,5)6)20(43-9-3)15-19(18)39(8-2)21(38)16-33-26(40)22-24(31)35-25(32)23(30)34-22/h14-15H,7-13,16H2,1-6H3,(H4-,31,32,33,35,40)/p+1. The minimum atomic E-state index is -0.595. The molecule has 1 aliphatic heterocycles. The van der Waals surface area contributed by atoms with Crippen molar-refractivity contribution < 1.29 is 28.4 Å². The Labute approximate surface area is 261 Å². The van der Waals surface area contributed by atoms with E-state index in [1.54, 1.807) is 9.80 Å². The number of carbonyl (C=O) groups is 3.